The molecule has 0 amide bonds. The third-order valence-corrected chi connectivity index (χ3v) is 9.95. The molecule has 0 saturated carbocycles. The van der Waals surface area contributed by atoms with Crippen LogP contribution in [0.2, 0.25) is 0 Å². The highest BCUT2D eigenvalue weighted by Crippen LogP contribution is 2.58. The summed E-state index contributed by atoms with van der Waals surface area (Å²) in [5.41, 5.74) is 6.64. The molecule has 0 fully saturated rings. The second kappa shape index (κ2) is 14.2. The first-order valence-electron chi connectivity index (χ1n) is 17.5. The average molecular weight is 697 g/mol. The summed E-state index contributed by atoms with van der Waals surface area (Å²) in [7, 11) is 0. The van der Waals surface area contributed by atoms with E-state index in [1.807, 2.05) is 24.3 Å². The Morgan fingerprint density at radius 1 is 0.509 bits per heavy atom. The third kappa shape index (κ3) is 6.08. The van der Waals surface area contributed by atoms with E-state index >= 15 is 0 Å². The summed E-state index contributed by atoms with van der Waals surface area (Å²) in [4.78, 5) is 22.8. The summed E-state index contributed by atoms with van der Waals surface area (Å²) in [6, 6.07) is 47.4. The molecule has 7 aromatic rings. The van der Waals surface area contributed by atoms with E-state index in [0.29, 0.717) is 11.5 Å². The predicted molar refractivity (Wildman–Crippen MR) is 210 cm³/mol. The highest BCUT2D eigenvalue weighted by molar-refractivity contribution is 6.04. The van der Waals surface area contributed by atoms with Crippen molar-refractivity contribution in [1.29, 1.82) is 0 Å². The normalized spacial score (nSPS) is 12.5. The van der Waals surface area contributed by atoms with Gasteiger partial charge < -0.3 is 18.9 Å². The Morgan fingerprint density at radius 2 is 1.02 bits per heavy atom. The fraction of sp³-hybridized carbons (Fsp3) is 0.106. The lowest BCUT2D eigenvalue weighted by atomic mass is 9.67. The van der Waals surface area contributed by atoms with Gasteiger partial charge in [-0.15, -0.1) is 0 Å². The number of esters is 2. The highest BCUT2D eigenvalue weighted by atomic mass is 16.6. The Balaban J connectivity index is 1.24. The largest absolute Gasteiger partial charge is 0.490 e. The van der Waals surface area contributed by atoms with Crippen LogP contribution >= 0.6 is 0 Å². The molecule has 0 bridgehead atoms. The van der Waals surface area contributed by atoms with Gasteiger partial charge in [-0.1, -0.05) is 110 Å². The van der Waals surface area contributed by atoms with Crippen LogP contribution in [0.5, 0.6) is 11.5 Å². The van der Waals surface area contributed by atoms with Gasteiger partial charge >= 0.3 is 11.9 Å². The van der Waals surface area contributed by atoms with Crippen molar-refractivity contribution < 1.29 is 28.5 Å². The van der Waals surface area contributed by atoms with Crippen molar-refractivity contribution in [3.05, 3.63) is 181 Å². The molecule has 7 aromatic carbocycles. The second-order valence-corrected chi connectivity index (χ2v) is 12.9. The quantitative estimate of drug-likeness (QED) is 0.0720. The molecule has 0 radical (unpaired) electrons. The topological polar surface area (TPSA) is 71.1 Å². The van der Waals surface area contributed by atoms with E-state index in [2.05, 4.69) is 122 Å². The third-order valence-electron chi connectivity index (χ3n) is 9.95. The smallest absolute Gasteiger partial charge is 0.330 e. The fourth-order valence-electron chi connectivity index (χ4n) is 7.65. The van der Waals surface area contributed by atoms with Gasteiger partial charge in [-0.3, -0.25) is 0 Å². The van der Waals surface area contributed by atoms with Crippen LogP contribution in [0, 0.1) is 0 Å². The molecule has 0 heterocycles. The van der Waals surface area contributed by atoms with Gasteiger partial charge in [0, 0.05) is 12.2 Å². The number of fused-ring (bicyclic) bond motifs is 7. The van der Waals surface area contributed by atoms with Crippen LogP contribution < -0.4 is 9.47 Å². The minimum Gasteiger partial charge on any atom is -0.490 e. The van der Waals surface area contributed by atoms with Crippen molar-refractivity contribution in [2.45, 2.75) is 5.41 Å². The maximum atomic E-state index is 11.4. The van der Waals surface area contributed by atoms with Crippen molar-refractivity contribution in [3.63, 3.8) is 0 Å². The van der Waals surface area contributed by atoms with E-state index in [1.165, 1.54) is 33.0 Å². The van der Waals surface area contributed by atoms with Crippen LogP contribution in [0.1, 0.15) is 22.3 Å². The number of hydrogen-bond acceptors (Lipinski definition) is 6. The Bertz CT molecular complexity index is 2450. The number of hydrogen-bond donors (Lipinski definition) is 0. The van der Waals surface area contributed by atoms with E-state index in [4.69, 9.17) is 18.9 Å². The molecule has 53 heavy (non-hydrogen) atoms. The standard InChI is InChI=1S/C47H36O6/c1-3-44(48)52-25-23-50-38-20-15-32-27-36(18-13-34(32)29-38)47(37-19-14-35-30-39(21-16-33(35)28-37)51-24-26-53-45(49)4-2)42-12-8-7-11-41(42)46-40-10-6-5-9-31(40)17-22-43(46)47/h3-22,27-30H,1-2,23-26H2. The number of carbonyl (C=O) groups is 2. The maximum Gasteiger partial charge on any atom is 0.330 e. The zero-order chi connectivity index (χ0) is 36.4. The van der Waals surface area contributed by atoms with Gasteiger partial charge in [0.15, 0.2) is 0 Å². The van der Waals surface area contributed by atoms with E-state index in [9.17, 15) is 9.59 Å². The molecule has 1 aliphatic carbocycles. The minimum atomic E-state index is -0.618. The second-order valence-electron chi connectivity index (χ2n) is 12.9. The summed E-state index contributed by atoms with van der Waals surface area (Å²) in [6.07, 6.45) is 2.28. The zero-order valence-electron chi connectivity index (χ0n) is 29.0. The number of rotatable bonds is 12. The summed E-state index contributed by atoms with van der Waals surface area (Å²) in [5.74, 6) is 0.464. The van der Waals surface area contributed by atoms with Crippen LogP contribution in [0.3, 0.4) is 0 Å². The van der Waals surface area contributed by atoms with Gasteiger partial charge in [0.1, 0.15) is 37.9 Å². The van der Waals surface area contributed by atoms with Crippen molar-refractivity contribution in [3.8, 4) is 22.6 Å². The molecular weight excluding hydrogens is 661 g/mol. The summed E-state index contributed by atoms with van der Waals surface area (Å²) < 4.78 is 22.0. The van der Waals surface area contributed by atoms with Gasteiger partial charge in [-0.2, -0.15) is 0 Å². The zero-order valence-corrected chi connectivity index (χ0v) is 29.0. The van der Waals surface area contributed by atoms with E-state index < -0.39 is 17.4 Å². The maximum absolute atomic E-state index is 11.4. The van der Waals surface area contributed by atoms with Gasteiger partial charge in [-0.25, -0.2) is 9.59 Å². The first kappa shape index (κ1) is 33.5. The molecule has 0 spiro atoms. The van der Waals surface area contributed by atoms with Crippen molar-refractivity contribution in [2.24, 2.45) is 0 Å². The fourth-order valence-corrected chi connectivity index (χ4v) is 7.65. The number of benzene rings is 7. The summed E-state index contributed by atoms with van der Waals surface area (Å²) >= 11 is 0. The van der Waals surface area contributed by atoms with Crippen LogP contribution in [0.25, 0.3) is 43.4 Å². The molecule has 0 saturated heterocycles. The highest BCUT2D eigenvalue weighted by Gasteiger charge is 2.46. The molecule has 0 atom stereocenters. The molecule has 0 aromatic heterocycles. The summed E-state index contributed by atoms with van der Waals surface area (Å²) in [6.45, 7) is 7.64. The monoisotopic (exact) mass is 696 g/mol. The van der Waals surface area contributed by atoms with Gasteiger partial charge in [0.25, 0.3) is 0 Å². The average Bonchev–Trinajstić information content (AvgIpc) is 3.52. The van der Waals surface area contributed by atoms with Gasteiger partial charge in [-0.05, 0) is 102 Å². The molecule has 0 unspecified atom stereocenters. The number of ether oxygens (including phenoxy) is 4. The molecule has 6 nitrogen and oxygen atoms in total. The molecule has 1 aliphatic rings. The lowest BCUT2D eigenvalue weighted by molar-refractivity contribution is -0.139. The predicted octanol–water partition coefficient (Wildman–Crippen LogP) is 9.73. The minimum absolute atomic E-state index is 0.144. The SMILES string of the molecule is C=CC(=O)OCCOc1ccc2cc(C3(c4ccc5cc(OCCOC(=O)C=C)ccc5c4)c4ccccc4-c4c3ccc3ccccc43)ccc2c1. The number of carbonyl (C=O) groups excluding carboxylic acids is 2. The van der Waals surface area contributed by atoms with Crippen LogP contribution in [0.4, 0.5) is 0 Å². The lowest BCUT2D eigenvalue weighted by Crippen LogP contribution is -2.28. The van der Waals surface area contributed by atoms with Gasteiger partial charge in [0.05, 0.1) is 5.41 Å². The van der Waals surface area contributed by atoms with Crippen LogP contribution in [0.15, 0.2) is 159 Å². The van der Waals surface area contributed by atoms with Crippen molar-refractivity contribution in [1.82, 2.24) is 0 Å². The van der Waals surface area contributed by atoms with Crippen molar-refractivity contribution in [2.75, 3.05) is 26.4 Å². The molecule has 0 N–H and O–H groups in total. The molecule has 8 rings (SSSR count). The van der Waals surface area contributed by atoms with Crippen LogP contribution in [-0.2, 0) is 24.5 Å². The Hall–Kier alpha value is -6.66. The van der Waals surface area contributed by atoms with E-state index in [1.54, 1.807) is 0 Å². The molecule has 0 aliphatic heterocycles. The Labute approximate surface area is 307 Å². The van der Waals surface area contributed by atoms with Crippen molar-refractivity contribution >= 4 is 44.3 Å². The molecular formula is C47H36O6. The van der Waals surface area contributed by atoms with Gasteiger partial charge in [0.2, 0.25) is 0 Å². The Morgan fingerprint density at radius 3 is 1.62 bits per heavy atom. The lowest BCUT2D eigenvalue weighted by Gasteiger charge is -2.34. The Kier molecular flexibility index (Phi) is 8.95. The van der Waals surface area contributed by atoms with Crippen LogP contribution in [-0.4, -0.2) is 38.4 Å². The van der Waals surface area contributed by atoms with E-state index in [-0.39, 0.29) is 26.4 Å². The van der Waals surface area contributed by atoms with E-state index in [0.717, 1.165) is 44.8 Å². The molecule has 6 heteroatoms. The summed E-state index contributed by atoms with van der Waals surface area (Å²) in [5, 5.41) is 6.68. The first-order valence-corrected chi connectivity index (χ1v) is 17.5. The first-order chi connectivity index (χ1) is 26.0. The molecule has 260 valence electrons.